The van der Waals surface area contributed by atoms with E-state index in [1.165, 1.54) is 5.56 Å². The SMILES string of the molecule is CC(C)c1ccccc1Nc1ncc(I)cn1. The van der Waals surface area contributed by atoms with Gasteiger partial charge >= 0.3 is 0 Å². The molecule has 3 nitrogen and oxygen atoms in total. The van der Waals surface area contributed by atoms with Crippen molar-refractivity contribution in [2.24, 2.45) is 0 Å². The third-order valence-electron chi connectivity index (χ3n) is 2.45. The normalized spacial score (nSPS) is 10.6. The smallest absolute Gasteiger partial charge is 0.227 e. The van der Waals surface area contributed by atoms with Gasteiger partial charge in [0.25, 0.3) is 0 Å². The Hall–Kier alpha value is -1.17. The van der Waals surface area contributed by atoms with Gasteiger partial charge in [0.1, 0.15) is 0 Å². The number of nitrogens with one attached hydrogen (secondary N) is 1. The highest BCUT2D eigenvalue weighted by atomic mass is 127. The topological polar surface area (TPSA) is 37.8 Å². The van der Waals surface area contributed by atoms with Crippen LogP contribution in [-0.2, 0) is 0 Å². The molecule has 1 aromatic heterocycles. The van der Waals surface area contributed by atoms with Gasteiger partial charge in [-0.1, -0.05) is 32.0 Å². The Morgan fingerprint density at radius 2 is 1.76 bits per heavy atom. The summed E-state index contributed by atoms with van der Waals surface area (Å²) in [6, 6.07) is 8.24. The summed E-state index contributed by atoms with van der Waals surface area (Å²) in [5.41, 5.74) is 2.35. The second-order valence-corrected chi connectivity index (χ2v) is 5.34. The van der Waals surface area contributed by atoms with E-state index in [2.05, 4.69) is 69.9 Å². The molecule has 1 aromatic carbocycles. The van der Waals surface area contributed by atoms with Gasteiger partial charge in [-0.3, -0.25) is 0 Å². The van der Waals surface area contributed by atoms with E-state index >= 15 is 0 Å². The first-order chi connectivity index (χ1) is 8.16. The van der Waals surface area contributed by atoms with Crippen LogP contribution in [0.2, 0.25) is 0 Å². The Morgan fingerprint density at radius 3 is 2.41 bits per heavy atom. The van der Waals surface area contributed by atoms with Crippen molar-refractivity contribution >= 4 is 34.2 Å². The molecule has 0 aliphatic carbocycles. The highest BCUT2D eigenvalue weighted by Crippen LogP contribution is 2.25. The number of rotatable bonds is 3. The standard InChI is InChI=1S/C13H14IN3/c1-9(2)11-5-3-4-6-12(11)17-13-15-7-10(14)8-16-13/h3-9H,1-2H3,(H,15,16,17). The summed E-state index contributed by atoms with van der Waals surface area (Å²) in [6.07, 6.45) is 3.60. The third-order valence-corrected chi connectivity index (χ3v) is 3.01. The lowest BCUT2D eigenvalue weighted by Gasteiger charge is -2.13. The Bertz CT molecular complexity index is 494. The fourth-order valence-corrected chi connectivity index (χ4v) is 1.89. The van der Waals surface area contributed by atoms with Crippen LogP contribution in [0.5, 0.6) is 0 Å². The molecule has 0 amide bonds. The largest absolute Gasteiger partial charge is 0.324 e. The molecule has 0 saturated carbocycles. The van der Waals surface area contributed by atoms with Crippen LogP contribution >= 0.6 is 22.6 Å². The maximum atomic E-state index is 4.24. The minimum Gasteiger partial charge on any atom is -0.324 e. The molecule has 0 saturated heterocycles. The molecule has 0 fully saturated rings. The molecule has 0 unspecified atom stereocenters. The first kappa shape index (κ1) is 12.3. The summed E-state index contributed by atoms with van der Waals surface area (Å²) in [5.74, 6) is 1.11. The van der Waals surface area contributed by atoms with E-state index in [0.29, 0.717) is 11.9 Å². The molecule has 2 aromatic rings. The van der Waals surface area contributed by atoms with Crippen LogP contribution in [0.15, 0.2) is 36.7 Å². The Labute approximate surface area is 115 Å². The van der Waals surface area contributed by atoms with Crippen molar-refractivity contribution in [1.82, 2.24) is 9.97 Å². The first-order valence-corrected chi connectivity index (χ1v) is 6.58. The molecule has 0 aliphatic heterocycles. The highest BCUT2D eigenvalue weighted by Gasteiger charge is 2.06. The molecule has 17 heavy (non-hydrogen) atoms. The molecule has 1 heterocycles. The zero-order valence-corrected chi connectivity index (χ0v) is 12.0. The Balaban J connectivity index is 2.26. The van der Waals surface area contributed by atoms with Crippen molar-refractivity contribution in [3.8, 4) is 0 Å². The average Bonchev–Trinajstić information content (AvgIpc) is 2.32. The lowest BCUT2D eigenvalue weighted by molar-refractivity contribution is 0.868. The van der Waals surface area contributed by atoms with Crippen LogP contribution in [-0.4, -0.2) is 9.97 Å². The second-order valence-electron chi connectivity index (χ2n) is 4.09. The zero-order valence-electron chi connectivity index (χ0n) is 9.81. The quantitative estimate of drug-likeness (QED) is 0.861. The zero-order chi connectivity index (χ0) is 12.3. The fourth-order valence-electron chi connectivity index (χ4n) is 1.61. The number of benzene rings is 1. The monoisotopic (exact) mass is 339 g/mol. The highest BCUT2D eigenvalue weighted by molar-refractivity contribution is 14.1. The van der Waals surface area contributed by atoms with Gasteiger partial charge in [0.2, 0.25) is 5.95 Å². The lowest BCUT2D eigenvalue weighted by Crippen LogP contribution is -2.01. The van der Waals surface area contributed by atoms with E-state index < -0.39 is 0 Å². The van der Waals surface area contributed by atoms with Crippen molar-refractivity contribution in [3.05, 3.63) is 45.8 Å². The minimum atomic E-state index is 0.475. The summed E-state index contributed by atoms with van der Waals surface area (Å²) in [7, 11) is 0. The first-order valence-electron chi connectivity index (χ1n) is 5.50. The molecule has 0 radical (unpaired) electrons. The molecule has 4 heteroatoms. The van der Waals surface area contributed by atoms with Gasteiger partial charge in [-0.05, 0) is 40.1 Å². The number of para-hydroxylation sites is 1. The van der Waals surface area contributed by atoms with Gasteiger partial charge in [-0.2, -0.15) is 0 Å². The number of aromatic nitrogens is 2. The maximum Gasteiger partial charge on any atom is 0.227 e. The number of halogens is 1. The number of nitrogens with zero attached hydrogens (tertiary/aromatic N) is 2. The van der Waals surface area contributed by atoms with Gasteiger partial charge in [0.15, 0.2) is 0 Å². The van der Waals surface area contributed by atoms with Crippen molar-refractivity contribution in [1.29, 1.82) is 0 Å². The lowest BCUT2D eigenvalue weighted by atomic mass is 10.0. The van der Waals surface area contributed by atoms with Gasteiger partial charge in [-0.15, -0.1) is 0 Å². The summed E-state index contributed by atoms with van der Waals surface area (Å²) in [6.45, 7) is 4.35. The van der Waals surface area contributed by atoms with Gasteiger partial charge < -0.3 is 5.32 Å². The van der Waals surface area contributed by atoms with Crippen LogP contribution < -0.4 is 5.32 Å². The van der Waals surface area contributed by atoms with Crippen molar-refractivity contribution in [3.63, 3.8) is 0 Å². The fraction of sp³-hybridized carbons (Fsp3) is 0.231. The molecule has 2 rings (SSSR count). The van der Waals surface area contributed by atoms with Crippen LogP contribution in [0.4, 0.5) is 11.6 Å². The van der Waals surface area contributed by atoms with E-state index in [1.807, 2.05) is 6.07 Å². The number of anilines is 2. The number of hydrogen-bond donors (Lipinski definition) is 1. The van der Waals surface area contributed by atoms with Gasteiger partial charge in [-0.25, -0.2) is 9.97 Å². The third kappa shape index (κ3) is 3.15. The molecule has 1 N–H and O–H groups in total. The van der Waals surface area contributed by atoms with E-state index in [0.717, 1.165) is 9.26 Å². The molecular formula is C13H14IN3. The molecule has 0 spiro atoms. The van der Waals surface area contributed by atoms with E-state index in [4.69, 9.17) is 0 Å². The summed E-state index contributed by atoms with van der Waals surface area (Å²) in [4.78, 5) is 8.49. The molecule has 88 valence electrons. The Morgan fingerprint density at radius 1 is 1.12 bits per heavy atom. The van der Waals surface area contributed by atoms with E-state index in [9.17, 15) is 0 Å². The Kier molecular flexibility index (Phi) is 3.93. The summed E-state index contributed by atoms with van der Waals surface area (Å²) >= 11 is 2.19. The molecular weight excluding hydrogens is 325 g/mol. The van der Waals surface area contributed by atoms with Crippen molar-refractivity contribution in [2.75, 3.05) is 5.32 Å². The van der Waals surface area contributed by atoms with Gasteiger partial charge in [0, 0.05) is 21.7 Å². The van der Waals surface area contributed by atoms with Crippen LogP contribution in [0.3, 0.4) is 0 Å². The molecule has 0 aliphatic rings. The molecule has 0 bridgehead atoms. The van der Waals surface area contributed by atoms with Crippen molar-refractivity contribution in [2.45, 2.75) is 19.8 Å². The summed E-state index contributed by atoms with van der Waals surface area (Å²) < 4.78 is 1.03. The maximum absolute atomic E-state index is 4.24. The summed E-state index contributed by atoms with van der Waals surface area (Å²) in [5, 5.41) is 3.26. The predicted octanol–water partition coefficient (Wildman–Crippen LogP) is 3.95. The number of hydrogen-bond acceptors (Lipinski definition) is 3. The van der Waals surface area contributed by atoms with Crippen LogP contribution in [0.1, 0.15) is 25.3 Å². The van der Waals surface area contributed by atoms with Crippen LogP contribution in [0, 0.1) is 3.57 Å². The van der Waals surface area contributed by atoms with Crippen LogP contribution in [0.25, 0.3) is 0 Å². The van der Waals surface area contributed by atoms with E-state index in [-0.39, 0.29) is 0 Å². The predicted molar refractivity (Wildman–Crippen MR) is 78.6 cm³/mol. The van der Waals surface area contributed by atoms with E-state index in [1.54, 1.807) is 12.4 Å². The minimum absolute atomic E-state index is 0.475. The molecule has 0 atom stereocenters. The average molecular weight is 339 g/mol. The second kappa shape index (κ2) is 5.44. The van der Waals surface area contributed by atoms with Gasteiger partial charge in [0.05, 0.1) is 0 Å². The van der Waals surface area contributed by atoms with Crippen molar-refractivity contribution < 1.29 is 0 Å².